The normalized spacial score (nSPS) is 12.4. The van der Waals surface area contributed by atoms with E-state index in [-0.39, 0.29) is 6.42 Å². The predicted molar refractivity (Wildman–Crippen MR) is 69.5 cm³/mol. The number of aliphatic hydroxyl groups excluding tert-OH is 1. The summed E-state index contributed by atoms with van der Waals surface area (Å²) >= 11 is 0. The number of hydrogen-bond acceptors (Lipinski definition) is 3. The van der Waals surface area contributed by atoms with Crippen molar-refractivity contribution < 1.29 is 18.6 Å². The average Bonchev–Trinajstić information content (AvgIpc) is 2.86. The van der Waals surface area contributed by atoms with Gasteiger partial charge in [0, 0.05) is 13.0 Å². The van der Waals surface area contributed by atoms with Gasteiger partial charge in [-0.25, -0.2) is 8.78 Å². The van der Waals surface area contributed by atoms with Gasteiger partial charge in [-0.15, -0.1) is 0 Å². The predicted octanol–water partition coefficient (Wildman–Crippen LogP) is 2.47. The Labute approximate surface area is 115 Å². The zero-order chi connectivity index (χ0) is 14.7. The molecule has 2 aromatic rings. The Kier molecular flexibility index (Phi) is 4.34. The number of benzene rings is 1. The topological polar surface area (TPSA) is 47.3 Å². The molecule has 0 aliphatic heterocycles. The van der Waals surface area contributed by atoms with Crippen molar-refractivity contribution in [1.82, 2.24) is 9.78 Å². The van der Waals surface area contributed by atoms with Gasteiger partial charge < -0.3 is 9.84 Å². The molecular weight excluding hydrogens is 266 g/mol. The van der Waals surface area contributed by atoms with Crippen LogP contribution in [0.3, 0.4) is 0 Å². The summed E-state index contributed by atoms with van der Waals surface area (Å²) in [7, 11) is 1.49. The van der Waals surface area contributed by atoms with Gasteiger partial charge in [0.15, 0.2) is 17.4 Å². The minimum absolute atomic E-state index is 0.152. The average molecular weight is 282 g/mol. The lowest BCUT2D eigenvalue weighted by molar-refractivity contribution is 0.162. The monoisotopic (exact) mass is 282 g/mol. The second-order valence-corrected chi connectivity index (χ2v) is 4.38. The van der Waals surface area contributed by atoms with Crippen molar-refractivity contribution in [2.24, 2.45) is 0 Å². The molecule has 1 aromatic heterocycles. The van der Waals surface area contributed by atoms with Crippen molar-refractivity contribution in [3.8, 4) is 5.75 Å². The smallest absolute Gasteiger partial charge is 0.162 e. The van der Waals surface area contributed by atoms with E-state index in [1.165, 1.54) is 19.4 Å². The molecule has 6 heteroatoms. The molecule has 1 heterocycles. The van der Waals surface area contributed by atoms with Crippen LogP contribution in [0.25, 0.3) is 0 Å². The lowest BCUT2D eigenvalue weighted by Crippen LogP contribution is -2.11. The first-order valence-electron chi connectivity index (χ1n) is 6.28. The fourth-order valence-corrected chi connectivity index (χ4v) is 2.11. The molecule has 1 unspecified atom stereocenters. The Morgan fingerprint density at radius 1 is 1.35 bits per heavy atom. The first-order chi connectivity index (χ1) is 9.56. The summed E-state index contributed by atoms with van der Waals surface area (Å²) in [5, 5.41) is 14.4. The standard InChI is InChI=1S/C14H16F2N2O2/c1-3-18-14(13(20-2)8-17-18)12(19)7-9-4-5-10(15)11(16)6-9/h4-6,8,12,19H,3,7H2,1-2H3. The van der Waals surface area contributed by atoms with Crippen LogP contribution < -0.4 is 4.74 Å². The van der Waals surface area contributed by atoms with E-state index in [1.807, 2.05) is 6.92 Å². The number of nitrogens with zero attached hydrogens (tertiary/aromatic N) is 2. The highest BCUT2D eigenvalue weighted by atomic mass is 19.2. The highest BCUT2D eigenvalue weighted by Gasteiger charge is 2.20. The summed E-state index contributed by atoms with van der Waals surface area (Å²) in [6, 6.07) is 3.57. The zero-order valence-electron chi connectivity index (χ0n) is 11.3. The number of ether oxygens (including phenoxy) is 1. The minimum Gasteiger partial charge on any atom is -0.493 e. The Morgan fingerprint density at radius 3 is 2.70 bits per heavy atom. The molecule has 1 aromatic carbocycles. The molecule has 20 heavy (non-hydrogen) atoms. The minimum atomic E-state index is -0.925. The second kappa shape index (κ2) is 6.00. The molecule has 108 valence electrons. The summed E-state index contributed by atoms with van der Waals surface area (Å²) in [5.41, 5.74) is 1.03. The number of aromatic nitrogens is 2. The van der Waals surface area contributed by atoms with Crippen molar-refractivity contribution in [3.63, 3.8) is 0 Å². The molecule has 0 amide bonds. The Hall–Kier alpha value is -1.95. The summed E-state index contributed by atoms with van der Waals surface area (Å²) in [5.74, 6) is -1.35. The molecule has 0 radical (unpaired) electrons. The molecule has 0 aliphatic rings. The van der Waals surface area contributed by atoms with E-state index in [4.69, 9.17) is 4.74 Å². The van der Waals surface area contributed by atoms with Crippen LogP contribution >= 0.6 is 0 Å². The zero-order valence-corrected chi connectivity index (χ0v) is 11.3. The molecular formula is C14H16F2N2O2. The van der Waals surface area contributed by atoms with E-state index in [0.29, 0.717) is 23.6 Å². The fourth-order valence-electron chi connectivity index (χ4n) is 2.11. The number of aryl methyl sites for hydroxylation is 1. The number of methoxy groups -OCH3 is 1. The molecule has 1 atom stereocenters. The Balaban J connectivity index is 2.25. The number of rotatable bonds is 5. The molecule has 2 rings (SSSR count). The van der Waals surface area contributed by atoms with Crippen LogP contribution in [0.4, 0.5) is 8.78 Å². The SMILES string of the molecule is CCn1ncc(OC)c1C(O)Cc1ccc(F)c(F)c1. The first kappa shape index (κ1) is 14.5. The fraction of sp³-hybridized carbons (Fsp3) is 0.357. The van der Waals surface area contributed by atoms with Gasteiger partial charge in [-0.2, -0.15) is 5.10 Å². The number of halogens is 2. The van der Waals surface area contributed by atoms with Crippen molar-refractivity contribution in [2.45, 2.75) is 26.0 Å². The first-order valence-corrected chi connectivity index (χ1v) is 6.28. The lowest BCUT2D eigenvalue weighted by Gasteiger charge is -2.14. The van der Waals surface area contributed by atoms with Gasteiger partial charge in [0.05, 0.1) is 13.3 Å². The van der Waals surface area contributed by atoms with Crippen molar-refractivity contribution in [3.05, 3.63) is 47.3 Å². The number of aliphatic hydroxyl groups is 1. The lowest BCUT2D eigenvalue weighted by atomic mass is 10.0. The maximum absolute atomic E-state index is 13.2. The van der Waals surface area contributed by atoms with Crippen LogP contribution in [-0.4, -0.2) is 22.0 Å². The van der Waals surface area contributed by atoms with Crippen LogP contribution in [0.2, 0.25) is 0 Å². The summed E-state index contributed by atoms with van der Waals surface area (Å²) in [6.45, 7) is 2.47. The van der Waals surface area contributed by atoms with E-state index in [0.717, 1.165) is 12.1 Å². The van der Waals surface area contributed by atoms with Gasteiger partial charge >= 0.3 is 0 Å². The molecule has 1 N–H and O–H groups in total. The molecule has 4 nitrogen and oxygen atoms in total. The van der Waals surface area contributed by atoms with E-state index in [2.05, 4.69) is 5.10 Å². The molecule has 0 saturated carbocycles. The van der Waals surface area contributed by atoms with Gasteiger partial charge in [-0.1, -0.05) is 6.07 Å². The summed E-state index contributed by atoms with van der Waals surface area (Å²) in [6.07, 6.45) is 0.768. The van der Waals surface area contributed by atoms with Gasteiger partial charge in [-0.3, -0.25) is 4.68 Å². The largest absolute Gasteiger partial charge is 0.493 e. The van der Waals surface area contributed by atoms with Gasteiger partial charge in [-0.05, 0) is 24.6 Å². The molecule has 0 aliphatic carbocycles. The van der Waals surface area contributed by atoms with Gasteiger partial charge in [0.25, 0.3) is 0 Å². The van der Waals surface area contributed by atoms with E-state index in [9.17, 15) is 13.9 Å². The molecule has 0 saturated heterocycles. The van der Waals surface area contributed by atoms with Crippen LogP contribution in [0.1, 0.15) is 24.3 Å². The third kappa shape index (κ3) is 2.80. The van der Waals surface area contributed by atoms with E-state index < -0.39 is 17.7 Å². The molecule has 0 bridgehead atoms. The van der Waals surface area contributed by atoms with Gasteiger partial charge in [0.2, 0.25) is 0 Å². The van der Waals surface area contributed by atoms with Crippen LogP contribution in [0.5, 0.6) is 5.75 Å². The Bertz CT molecular complexity index is 577. The van der Waals surface area contributed by atoms with Crippen LogP contribution in [0.15, 0.2) is 24.4 Å². The summed E-state index contributed by atoms with van der Waals surface area (Å²) in [4.78, 5) is 0. The van der Waals surface area contributed by atoms with Crippen LogP contribution in [0, 0.1) is 11.6 Å². The second-order valence-electron chi connectivity index (χ2n) is 4.38. The highest BCUT2D eigenvalue weighted by molar-refractivity contribution is 5.29. The highest BCUT2D eigenvalue weighted by Crippen LogP contribution is 2.27. The van der Waals surface area contributed by atoms with Crippen LogP contribution in [-0.2, 0) is 13.0 Å². The van der Waals surface area contributed by atoms with Crippen molar-refractivity contribution in [2.75, 3.05) is 7.11 Å². The third-order valence-electron chi connectivity index (χ3n) is 3.09. The molecule has 0 fully saturated rings. The van der Waals surface area contributed by atoms with E-state index in [1.54, 1.807) is 4.68 Å². The van der Waals surface area contributed by atoms with Crippen molar-refractivity contribution >= 4 is 0 Å². The van der Waals surface area contributed by atoms with E-state index >= 15 is 0 Å². The number of hydrogen-bond donors (Lipinski definition) is 1. The maximum Gasteiger partial charge on any atom is 0.162 e. The quantitative estimate of drug-likeness (QED) is 0.916. The van der Waals surface area contributed by atoms with Gasteiger partial charge in [0.1, 0.15) is 11.8 Å². The summed E-state index contributed by atoms with van der Waals surface area (Å²) < 4.78 is 32.8. The van der Waals surface area contributed by atoms with Crippen molar-refractivity contribution in [1.29, 1.82) is 0 Å². The molecule has 0 spiro atoms. The third-order valence-corrected chi connectivity index (χ3v) is 3.09. The Morgan fingerprint density at radius 2 is 2.10 bits per heavy atom. The maximum atomic E-state index is 13.2.